The van der Waals surface area contributed by atoms with Gasteiger partial charge in [0.15, 0.2) is 0 Å². The summed E-state index contributed by atoms with van der Waals surface area (Å²) in [7, 11) is 0. The van der Waals surface area contributed by atoms with Crippen LogP contribution in [-0.4, -0.2) is 38.6 Å². The lowest BCUT2D eigenvalue weighted by Gasteiger charge is -2.44. The van der Waals surface area contributed by atoms with E-state index < -0.39 is 18.3 Å². The van der Waals surface area contributed by atoms with Crippen molar-refractivity contribution >= 4 is 0 Å². The van der Waals surface area contributed by atoms with Gasteiger partial charge in [0.25, 0.3) is 0 Å². The number of fused-ring (bicyclic) bond motifs is 1. The first-order chi connectivity index (χ1) is 17.1. The fourth-order valence-corrected chi connectivity index (χ4v) is 7.86. The molecule has 36 heavy (non-hydrogen) atoms. The normalized spacial score (nSPS) is 38.0. The standard InChI is InChI=1S/C32H45NO3/c1-20-16-29(33-19-20)32(14-15-32)30(36)12-7-21(2)26-10-11-27-23(6-5-13-31(26,27)4)8-9-24-17-25(34)18-28(35)22(24)3/h7-9,12,16,19,21,25-28,30,33-36H,3,5-6,10-11,13-15,17-18H2,1-2,4H3/t21-,25-,26-,27+,28+,30-,31-/m1/s1. The van der Waals surface area contributed by atoms with E-state index in [-0.39, 0.29) is 10.8 Å². The molecule has 4 nitrogen and oxygen atoms in total. The molecule has 4 fully saturated rings. The zero-order chi connectivity index (χ0) is 25.7. The Labute approximate surface area is 216 Å². The summed E-state index contributed by atoms with van der Waals surface area (Å²) in [5.74, 6) is 1.62. The first kappa shape index (κ1) is 25.8. The van der Waals surface area contributed by atoms with Gasteiger partial charge >= 0.3 is 0 Å². The van der Waals surface area contributed by atoms with Gasteiger partial charge in [0.2, 0.25) is 0 Å². The van der Waals surface area contributed by atoms with Crippen LogP contribution in [0.4, 0.5) is 0 Å². The van der Waals surface area contributed by atoms with Crippen LogP contribution < -0.4 is 0 Å². The number of aromatic amines is 1. The van der Waals surface area contributed by atoms with Crippen molar-refractivity contribution in [1.29, 1.82) is 0 Å². The van der Waals surface area contributed by atoms with Crippen molar-refractivity contribution in [3.05, 3.63) is 71.1 Å². The van der Waals surface area contributed by atoms with Crippen LogP contribution >= 0.6 is 0 Å². The molecule has 0 aliphatic heterocycles. The van der Waals surface area contributed by atoms with Gasteiger partial charge in [-0.05, 0) is 104 Å². The second kappa shape index (κ2) is 9.78. The summed E-state index contributed by atoms with van der Waals surface area (Å²) in [6.07, 6.45) is 18.4. The van der Waals surface area contributed by atoms with Crippen molar-refractivity contribution < 1.29 is 15.3 Å². The quantitative estimate of drug-likeness (QED) is 0.366. The Balaban J connectivity index is 1.29. The van der Waals surface area contributed by atoms with Crippen molar-refractivity contribution in [1.82, 2.24) is 4.98 Å². The average Bonchev–Trinajstić information content (AvgIpc) is 3.41. The van der Waals surface area contributed by atoms with E-state index in [9.17, 15) is 15.3 Å². The summed E-state index contributed by atoms with van der Waals surface area (Å²) in [4.78, 5) is 3.39. The van der Waals surface area contributed by atoms with Crippen LogP contribution in [0.2, 0.25) is 0 Å². The van der Waals surface area contributed by atoms with Gasteiger partial charge < -0.3 is 20.3 Å². The van der Waals surface area contributed by atoms with E-state index in [0.29, 0.717) is 30.6 Å². The van der Waals surface area contributed by atoms with Gasteiger partial charge in [-0.2, -0.15) is 0 Å². The molecule has 0 saturated heterocycles. The van der Waals surface area contributed by atoms with Crippen molar-refractivity contribution in [3.8, 4) is 0 Å². The Morgan fingerprint density at radius 1 is 1.14 bits per heavy atom. The lowest BCUT2D eigenvalue weighted by Crippen LogP contribution is -2.35. The lowest BCUT2D eigenvalue weighted by molar-refractivity contribution is 0.0862. The second-order valence-corrected chi connectivity index (χ2v) is 12.6. The van der Waals surface area contributed by atoms with Crippen LogP contribution in [0.15, 0.2) is 59.9 Å². The molecular formula is C32H45NO3. The highest BCUT2D eigenvalue weighted by molar-refractivity contribution is 5.39. The molecule has 4 heteroatoms. The molecule has 4 saturated carbocycles. The lowest BCUT2D eigenvalue weighted by atomic mass is 9.61. The summed E-state index contributed by atoms with van der Waals surface area (Å²) >= 11 is 0. The number of aliphatic hydroxyl groups excluding tert-OH is 3. The van der Waals surface area contributed by atoms with E-state index in [1.807, 2.05) is 6.20 Å². The van der Waals surface area contributed by atoms with E-state index in [4.69, 9.17) is 0 Å². The SMILES string of the molecule is C=C1C(=CC=C2CCC[C@]3(C)[C@@H]([C@H](C)C=C[C@@H](O)C4(c5cc(C)c[nH]5)CC4)CC[C@@H]23)C[C@@H](O)C[C@@H]1O. The second-order valence-electron chi connectivity index (χ2n) is 12.6. The maximum atomic E-state index is 11.1. The minimum absolute atomic E-state index is 0.120. The number of allylic oxidation sites excluding steroid dienone is 4. The number of aliphatic hydroxyl groups is 3. The maximum Gasteiger partial charge on any atom is 0.0831 e. The van der Waals surface area contributed by atoms with Crippen molar-refractivity contribution in [3.63, 3.8) is 0 Å². The first-order valence-electron chi connectivity index (χ1n) is 14.1. The highest BCUT2D eigenvalue weighted by Crippen LogP contribution is 2.59. The summed E-state index contributed by atoms with van der Waals surface area (Å²) in [6.45, 7) is 11.0. The number of hydrogen-bond donors (Lipinski definition) is 4. The molecule has 4 aliphatic rings. The molecular weight excluding hydrogens is 446 g/mol. The third kappa shape index (κ3) is 4.61. The van der Waals surface area contributed by atoms with Gasteiger partial charge in [-0.25, -0.2) is 0 Å². The zero-order valence-corrected chi connectivity index (χ0v) is 22.3. The van der Waals surface area contributed by atoms with Crippen LogP contribution in [0.3, 0.4) is 0 Å². The van der Waals surface area contributed by atoms with E-state index in [2.05, 4.69) is 62.7 Å². The van der Waals surface area contributed by atoms with Crippen molar-refractivity contribution in [2.75, 3.05) is 0 Å². The van der Waals surface area contributed by atoms with Gasteiger partial charge in [-0.1, -0.05) is 50.3 Å². The molecule has 4 aliphatic carbocycles. The Hall–Kier alpha value is -1.88. The van der Waals surface area contributed by atoms with Crippen LogP contribution in [0.5, 0.6) is 0 Å². The van der Waals surface area contributed by atoms with Gasteiger partial charge in [0.1, 0.15) is 0 Å². The number of rotatable bonds is 6. The first-order valence-corrected chi connectivity index (χ1v) is 14.1. The number of aromatic nitrogens is 1. The maximum absolute atomic E-state index is 11.1. The molecule has 0 unspecified atom stereocenters. The average molecular weight is 492 g/mol. The number of nitrogens with one attached hydrogen (secondary N) is 1. The van der Waals surface area contributed by atoms with Gasteiger partial charge in [0.05, 0.1) is 18.3 Å². The monoisotopic (exact) mass is 491 g/mol. The molecule has 1 aromatic rings. The topological polar surface area (TPSA) is 76.5 Å². The van der Waals surface area contributed by atoms with E-state index in [1.165, 1.54) is 42.5 Å². The highest BCUT2D eigenvalue weighted by Gasteiger charge is 2.52. The molecule has 1 aromatic heterocycles. The van der Waals surface area contributed by atoms with E-state index >= 15 is 0 Å². The zero-order valence-electron chi connectivity index (χ0n) is 22.3. The van der Waals surface area contributed by atoms with Crippen LogP contribution in [0.25, 0.3) is 0 Å². The van der Waals surface area contributed by atoms with Gasteiger partial charge in [0, 0.05) is 23.7 Å². The van der Waals surface area contributed by atoms with Crippen molar-refractivity contribution in [2.45, 2.75) is 102 Å². The third-order valence-electron chi connectivity index (χ3n) is 10.3. The van der Waals surface area contributed by atoms with E-state index in [1.54, 1.807) is 0 Å². The summed E-state index contributed by atoms with van der Waals surface area (Å²) in [5.41, 5.74) is 5.83. The summed E-state index contributed by atoms with van der Waals surface area (Å²) in [6, 6.07) is 2.19. The predicted octanol–water partition coefficient (Wildman–Crippen LogP) is 6.05. The van der Waals surface area contributed by atoms with E-state index in [0.717, 1.165) is 30.4 Å². The van der Waals surface area contributed by atoms with Crippen molar-refractivity contribution in [2.24, 2.45) is 23.2 Å². The Bertz CT molecular complexity index is 1070. The molecule has 0 amide bonds. The molecule has 0 aromatic carbocycles. The fourth-order valence-electron chi connectivity index (χ4n) is 7.86. The largest absolute Gasteiger partial charge is 0.393 e. The van der Waals surface area contributed by atoms with Crippen LogP contribution in [-0.2, 0) is 5.41 Å². The molecule has 5 rings (SSSR count). The number of hydrogen-bond acceptors (Lipinski definition) is 3. The molecule has 7 atom stereocenters. The molecule has 1 heterocycles. The summed E-state index contributed by atoms with van der Waals surface area (Å²) in [5, 5.41) is 31.4. The highest BCUT2D eigenvalue weighted by atomic mass is 16.3. The number of aryl methyl sites for hydroxylation is 1. The molecule has 0 bridgehead atoms. The Kier molecular flexibility index (Phi) is 6.99. The summed E-state index contributed by atoms with van der Waals surface area (Å²) < 4.78 is 0. The molecule has 0 radical (unpaired) electrons. The predicted molar refractivity (Wildman–Crippen MR) is 145 cm³/mol. The van der Waals surface area contributed by atoms with Crippen LogP contribution in [0.1, 0.15) is 82.9 Å². The fraction of sp³-hybridized carbons (Fsp3) is 0.625. The minimum Gasteiger partial charge on any atom is -0.393 e. The Morgan fingerprint density at radius 2 is 1.92 bits per heavy atom. The Morgan fingerprint density at radius 3 is 2.61 bits per heavy atom. The van der Waals surface area contributed by atoms with Crippen LogP contribution in [0, 0.1) is 30.1 Å². The minimum atomic E-state index is -0.635. The molecule has 4 N–H and O–H groups in total. The smallest absolute Gasteiger partial charge is 0.0831 e. The molecule has 196 valence electrons. The third-order valence-corrected chi connectivity index (χ3v) is 10.3. The molecule has 0 spiro atoms. The van der Waals surface area contributed by atoms with Gasteiger partial charge in [-0.15, -0.1) is 0 Å². The number of H-pyrrole nitrogens is 1. The van der Waals surface area contributed by atoms with Gasteiger partial charge in [-0.3, -0.25) is 0 Å².